The molecule has 4 rings (SSSR count). The summed E-state index contributed by atoms with van der Waals surface area (Å²) in [6.45, 7) is -0.523. The third kappa shape index (κ3) is 22.8. The summed E-state index contributed by atoms with van der Waals surface area (Å²) in [5.74, 6) is -13.2. The Hall–Kier alpha value is -8.68. The first-order valence-electron chi connectivity index (χ1n) is 25.8. The predicted molar refractivity (Wildman–Crippen MR) is 298 cm³/mol. The molecular weight excluding hydrogens is 1110 g/mol. The number of nitrogens with one attached hydrogen (secondary N) is 8. The number of benzene rings is 2. The van der Waals surface area contributed by atoms with Crippen LogP contribution in [0.2, 0.25) is 0 Å². The summed E-state index contributed by atoms with van der Waals surface area (Å²) in [6.07, 6.45) is -2.90. The van der Waals surface area contributed by atoms with Crippen molar-refractivity contribution >= 4 is 104 Å². The average molecular weight is 1180 g/mol. The van der Waals surface area contributed by atoms with Crippen molar-refractivity contribution in [3.8, 4) is 5.75 Å². The van der Waals surface area contributed by atoms with E-state index in [0.717, 1.165) is 26.5 Å². The largest absolute Gasteiger partial charge is 0.508 e. The van der Waals surface area contributed by atoms with Gasteiger partial charge < -0.3 is 86.9 Å². The van der Waals surface area contributed by atoms with E-state index in [1.54, 1.807) is 30.3 Å². The number of carbonyl (C=O) groups excluding carboxylic acids is 13. The number of primary amides is 4. The zero-order valence-electron chi connectivity index (χ0n) is 44.6. The first-order valence-corrected chi connectivity index (χ1v) is 28.3. The van der Waals surface area contributed by atoms with Crippen molar-refractivity contribution in [1.29, 1.82) is 0 Å². The quantitative estimate of drug-likeness (QED) is 0.0239. The zero-order chi connectivity index (χ0) is 60.5. The Morgan fingerprint density at radius 1 is 0.659 bits per heavy atom. The van der Waals surface area contributed by atoms with Crippen LogP contribution in [0.25, 0.3) is 0 Å². The average Bonchev–Trinajstić information content (AvgIpc) is 3.93. The lowest BCUT2D eigenvalue weighted by Gasteiger charge is -2.30. The second-order valence-corrected chi connectivity index (χ2v) is 21.7. The van der Waals surface area contributed by atoms with Crippen molar-refractivity contribution in [2.45, 2.75) is 119 Å². The Bertz CT molecular complexity index is 2680. The summed E-state index contributed by atoms with van der Waals surface area (Å²) in [5, 5.41) is 29.8. The highest BCUT2D eigenvalue weighted by atomic mass is 33.1. The van der Waals surface area contributed by atoms with Crippen molar-refractivity contribution < 1.29 is 67.4 Å². The molecule has 0 aromatic heterocycles. The van der Waals surface area contributed by atoms with Crippen LogP contribution in [0.4, 0.5) is 0 Å². The molecule has 0 radical (unpaired) electrons. The van der Waals surface area contributed by atoms with Gasteiger partial charge in [0.2, 0.25) is 76.8 Å². The number of nitrogens with two attached hydrogens (primary N) is 6. The minimum atomic E-state index is -1.94. The molecule has 0 bridgehead atoms. The van der Waals surface area contributed by atoms with Crippen LogP contribution in [-0.2, 0) is 75.2 Å². The SMILES string of the molecule is NC(=O)CC[C@@H]1NC(=O)[C@H](Cc2ccccc2)NC(=O)[C@H](Cc2ccc(O)cc2)NC(=O)CCSSC[C@@H](C(=O)N2CCC[C@H]2C(=O)N[C@H](CCCN=C(N)N)C(=O)NCC(N)=O)NC(=O)[C@H](CC(N)=O)NC(=O)[C@H](CC(N)=O)NC1=O. The van der Waals surface area contributed by atoms with E-state index in [9.17, 15) is 67.4 Å². The molecule has 0 aliphatic carbocycles. The topological polar surface area (TPSA) is 510 Å². The second-order valence-electron chi connectivity index (χ2n) is 19.1. The summed E-state index contributed by atoms with van der Waals surface area (Å²) in [6, 6.07) is 1.68. The van der Waals surface area contributed by atoms with Crippen LogP contribution >= 0.6 is 21.6 Å². The number of aromatic hydroxyl groups is 1. The lowest BCUT2D eigenvalue weighted by molar-refractivity contribution is -0.142. The fourth-order valence-electron chi connectivity index (χ4n) is 8.47. The first-order chi connectivity index (χ1) is 38.9. The van der Waals surface area contributed by atoms with E-state index in [1.165, 1.54) is 24.3 Å². The Kier molecular flexibility index (Phi) is 26.6. The molecule has 0 spiro atoms. The fourth-order valence-corrected chi connectivity index (χ4v) is 10.6. The van der Waals surface area contributed by atoms with Gasteiger partial charge in [0, 0.05) is 50.3 Å². The molecule has 446 valence electrons. The molecule has 2 aromatic carbocycles. The number of hydrogen-bond donors (Lipinski definition) is 15. The van der Waals surface area contributed by atoms with Gasteiger partial charge in [-0.1, -0.05) is 64.1 Å². The van der Waals surface area contributed by atoms with E-state index in [0.29, 0.717) is 11.1 Å². The van der Waals surface area contributed by atoms with Crippen molar-refractivity contribution in [1.82, 2.24) is 47.4 Å². The van der Waals surface area contributed by atoms with E-state index < -0.39 is 157 Å². The lowest BCUT2D eigenvalue weighted by atomic mass is 10.0. The summed E-state index contributed by atoms with van der Waals surface area (Å²) in [5.41, 5.74) is 33.5. The Balaban J connectivity index is 1.74. The normalized spacial score (nSPS) is 22.0. The van der Waals surface area contributed by atoms with E-state index in [1.807, 2.05) is 0 Å². The van der Waals surface area contributed by atoms with E-state index in [4.69, 9.17) is 34.4 Å². The fraction of sp³-hybridized carbons (Fsp3) is 0.480. The van der Waals surface area contributed by atoms with Crippen LogP contribution in [0, 0.1) is 0 Å². The summed E-state index contributed by atoms with van der Waals surface area (Å²) < 4.78 is 0. The molecule has 2 aliphatic heterocycles. The predicted octanol–water partition coefficient (Wildman–Crippen LogP) is -5.98. The van der Waals surface area contributed by atoms with Crippen molar-refractivity contribution in [2.24, 2.45) is 39.4 Å². The van der Waals surface area contributed by atoms with Crippen LogP contribution in [0.3, 0.4) is 0 Å². The molecule has 2 heterocycles. The van der Waals surface area contributed by atoms with E-state index in [-0.39, 0.29) is 81.3 Å². The number of rotatable bonds is 21. The molecule has 8 atom stereocenters. The summed E-state index contributed by atoms with van der Waals surface area (Å²) >= 11 is 0. The Morgan fingerprint density at radius 2 is 1.21 bits per heavy atom. The van der Waals surface area contributed by atoms with Gasteiger partial charge in [-0.3, -0.25) is 67.3 Å². The van der Waals surface area contributed by atoms with E-state index in [2.05, 4.69) is 47.5 Å². The summed E-state index contributed by atoms with van der Waals surface area (Å²) in [7, 11) is 2.05. The number of guanidine groups is 1. The third-order valence-electron chi connectivity index (χ3n) is 12.5. The highest BCUT2D eigenvalue weighted by molar-refractivity contribution is 8.76. The van der Waals surface area contributed by atoms with Gasteiger partial charge in [-0.05, 0) is 55.4 Å². The zero-order valence-corrected chi connectivity index (χ0v) is 46.2. The number of phenols is 1. The van der Waals surface area contributed by atoms with Gasteiger partial charge in [0.1, 0.15) is 54.1 Å². The van der Waals surface area contributed by atoms with Gasteiger partial charge in [-0.2, -0.15) is 0 Å². The summed E-state index contributed by atoms with van der Waals surface area (Å²) in [4.78, 5) is 180. The highest BCUT2D eigenvalue weighted by Gasteiger charge is 2.41. The highest BCUT2D eigenvalue weighted by Crippen LogP contribution is 2.26. The van der Waals surface area contributed by atoms with Crippen molar-refractivity contribution in [3.05, 3.63) is 65.7 Å². The van der Waals surface area contributed by atoms with Gasteiger partial charge in [0.05, 0.1) is 19.4 Å². The van der Waals surface area contributed by atoms with Gasteiger partial charge in [0.15, 0.2) is 5.96 Å². The first kappa shape index (κ1) is 65.8. The van der Waals surface area contributed by atoms with Gasteiger partial charge in [-0.15, -0.1) is 0 Å². The molecule has 82 heavy (non-hydrogen) atoms. The van der Waals surface area contributed by atoms with Gasteiger partial charge in [-0.25, -0.2) is 0 Å². The van der Waals surface area contributed by atoms with Crippen LogP contribution in [0.5, 0.6) is 5.75 Å². The molecule has 2 aromatic rings. The van der Waals surface area contributed by atoms with Gasteiger partial charge in [0.25, 0.3) is 0 Å². The smallest absolute Gasteiger partial charge is 0.246 e. The lowest BCUT2D eigenvalue weighted by Crippen LogP contribution is -2.61. The number of likely N-dealkylation sites (tertiary alicyclic amines) is 1. The third-order valence-corrected chi connectivity index (χ3v) is 14.9. The second kappa shape index (κ2) is 33.2. The molecule has 32 heteroatoms. The van der Waals surface area contributed by atoms with Crippen LogP contribution in [0.15, 0.2) is 59.6 Å². The molecule has 0 unspecified atom stereocenters. The van der Waals surface area contributed by atoms with Crippen LogP contribution < -0.4 is 76.9 Å². The minimum Gasteiger partial charge on any atom is -0.508 e. The number of hydrogen-bond acceptors (Lipinski definition) is 17. The minimum absolute atomic E-state index is 0.0246. The van der Waals surface area contributed by atoms with Crippen LogP contribution in [-0.4, -0.2) is 172 Å². The standard InChI is InChI=1S/C50H70N16O14S2/c51-37(68)15-14-30-43(74)63-33(22-38(52)69)46(77)64-34(23-39(53)70)47(78)65-35(49(80)66-18-5-9-36(66)48(79)61-29(8-4-17-57-50(55)56)42(73)58-24-40(54)71)25-82-81-19-16-41(72)59-31(21-27-10-12-28(67)13-11-27)44(75)62-32(45(76)60-30)20-26-6-2-1-3-7-26/h1-3,6-7,10-13,29-36,67H,4-5,8-9,14-25H2,(H2,51,68)(H2,52,69)(H2,53,70)(H2,54,71)(H,58,73)(H,59,72)(H,60,76)(H,61,79)(H,62,75)(H,63,74)(H,64,77)(H,65,78)(H4,55,56,57)/t29-,30+,31+,32+,33+,34+,35+,36+/m1/s1. The number of aliphatic imine (C=N–C) groups is 1. The van der Waals surface area contributed by atoms with E-state index >= 15 is 0 Å². The Labute approximate surface area is 478 Å². The van der Waals surface area contributed by atoms with Gasteiger partial charge >= 0.3 is 0 Å². The molecule has 21 N–H and O–H groups in total. The maximum Gasteiger partial charge on any atom is 0.246 e. The monoisotopic (exact) mass is 1180 g/mol. The molecule has 13 amide bonds. The number of nitrogens with zero attached hydrogens (tertiary/aromatic N) is 2. The van der Waals surface area contributed by atoms with Crippen LogP contribution in [0.1, 0.15) is 68.9 Å². The number of phenolic OH excluding ortho intramolecular Hbond substituents is 1. The Morgan fingerprint density at radius 3 is 1.79 bits per heavy atom. The molecule has 0 saturated carbocycles. The molecule has 2 saturated heterocycles. The molecule has 2 aliphatic rings. The number of carbonyl (C=O) groups is 13. The maximum absolute atomic E-state index is 14.7. The molecular formula is C50H70N16O14S2. The van der Waals surface area contributed by atoms with Crippen molar-refractivity contribution in [3.63, 3.8) is 0 Å². The van der Waals surface area contributed by atoms with Crippen molar-refractivity contribution in [2.75, 3.05) is 31.1 Å². The maximum atomic E-state index is 14.7. The molecule has 2 fully saturated rings. The molecule has 30 nitrogen and oxygen atoms in total. The number of amides is 13.